The number of hydrogen-bond acceptors (Lipinski definition) is 3. The number of anilines is 1. The topological polar surface area (TPSA) is 66.5 Å². The van der Waals surface area contributed by atoms with E-state index in [1.807, 2.05) is 37.3 Å². The molecule has 0 aromatic heterocycles. The van der Waals surface area contributed by atoms with E-state index in [4.69, 9.17) is 11.6 Å². The summed E-state index contributed by atoms with van der Waals surface area (Å²) in [5.74, 6) is 0.0448. The van der Waals surface area contributed by atoms with Gasteiger partial charge in [0.05, 0.1) is 12.2 Å². The lowest BCUT2D eigenvalue weighted by atomic mass is 10.0. The third kappa shape index (κ3) is 5.09. The van der Waals surface area contributed by atoms with Gasteiger partial charge in [-0.1, -0.05) is 36.7 Å². The van der Waals surface area contributed by atoms with E-state index in [1.165, 1.54) is 4.31 Å². The molecule has 1 amide bonds. The normalized spacial score (nSPS) is 14.6. The molecule has 1 heterocycles. The maximum absolute atomic E-state index is 12.3. The van der Waals surface area contributed by atoms with E-state index < -0.39 is 10.0 Å². The van der Waals surface area contributed by atoms with Crippen molar-refractivity contribution in [3.63, 3.8) is 0 Å². The number of hydrogen-bond donors (Lipinski definition) is 1. The Bertz CT molecular complexity index is 927. The van der Waals surface area contributed by atoms with Crippen molar-refractivity contribution in [3.05, 3.63) is 64.2 Å². The van der Waals surface area contributed by atoms with Crippen molar-refractivity contribution in [1.82, 2.24) is 4.31 Å². The number of halogens is 1. The summed E-state index contributed by atoms with van der Waals surface area (Å²) >= 11 is 5.86. The molecule has 27 heavy (non-hydrogen) atoms. The quantitative estimate of drug-likeness (QED) is 0.796. The second-order valence-electron chi connectivity index (χ2n) is 6.73. The van der Waals surface area contributed by atoms with E-state index in [0.717, 1.165) is 16.7 Å². The highest BCUT2D eigenvalue weighted by atomic mass is 35.5. The minimum Gasteiger partial charge on any atom is -0.326 e. The number of fused-ring (bicyclic) bond motifs is 1. The van der Waals surface area contributed by atoms with E-state index >= 15 is 0 Å². The highest BCUT2D eigenvalue weighted by molar-refractivity contribution is 7.89. The Morgan fingerprint density at radius 1 is 1.15 bits per heavy atom. The number of sulfonamides is 1. The van der Waals surface area contributed by atoms with Gasteiger partial charge in [0.15, 0.2) is 0 Å². The summed E-state index contributed by atoms with van der Waals surface area (Å²) < 4.78 is 26.2. The summed E-state index contributed by atoms with van der Waals surface area (Å²) in [7, 11) is -3.22. The Morgan fingerprint density at radius 2 is 1.89 bits per heavy atom. The molecule has 0 atom stereocenters. The fourth-order valence-corrected chi connectivity index (χ4v) is 4.83. The van der Waals surface area contributed by atoms with Crippen LogP contribution in [0.3, 0.4) is 0 Å². The van der Waals surface area contributed by atoms with Gasteiger partial charge in [-0.25, -0.2) is 8.42 Å². The SMILES string of the molecule is CCCS(=O)(=O)N1CCc2ccc(NC(=O)Cc3ccc(Cl)cc3)cc2C1. The minimum atomic E-state index is -3.22. The van der Waals surface area contributed by atoms with Crippen LogP contribution in [0.25, 0.3) is 0 Å². The summed E-state index contributed by atoms with van der Waals surface area (Å²) in [5.41, 5.74) is 3.65. The average molecular weight is 407 g/mol. The van der Waals surface area contributed by atoms with Crippen LogP contribution in [0.4, 0.5) is 5.69 Å². The molecule has 3 rings (SSSR count). The first kappa shape index (κ1) is 19.9. The second-order valence-corrected chi connectivity index (χ2v) is 9.26. The number of rotatable bonds is 6. The van der Waals surface area contributed by atoms with Gasteiger partial charge in [0, 0.05) is 23.8 Å². The standard InChI is InChI=1S/C20H23ClN2O3S/c1-2-11-27(25,26)23-10-9-16-5-8-19(13-17(16)14-23)22-20(24)12-15-3-6-18(21)7-4-15/h3-8,13H,2,9-12,14H2,1H3,(H,22,24). The van der Waals surface area contributed by atoms with Crippen molar-refractivity contribution in [3.8, 4) is 0 Å². The largest absolute Gasteiger partial charge is 0.326 e. The smallest absolute Gasteiger partial charge is 0.228 e. The average Bonchev–Trinajstić information content (AvgIpc) is 2.63. The lowest BCUT2D eigenvalue weighted by Gasteiger charge is -2.28. The molecule has 5 nitrogen and oxygen atoms in total. The van der Waals surface area contributed by atoms with Crippen LogP contribution in [0.2, 0.25) is 5.02 Å². The number of carbonyl (C=O) groups excluding carboxylic acids is 1. The zero-order valence-electron chi connectivity index (χ0n) is 15.2. The first-order valence-electron chi connectivity index (χ1n) is 9.01. The van der Waals surface area contributed by atoms with Gasteiger partial charge < -0.3 is 5.32 Å². The molecule has 2 aromatic rings. The molecule has 7 heteroatoms. The van der Waals surface area contributed by atoms with Gasteiger partial charge in [0.1, 0.15) is 0 Å². The van der Waals surface area contributed by atoms with E-state index in [1.54, 1.807) is 12.1 Å². The zero-order valence-corrected chi connectivity index (χ0v) is 16.8. The Balaban J connectivity index is 1.68. The Kier molecular flexibility index (Phi) is 6.19. The molecule has 0 saturated carbocycles. The van der Waals surface area contributed by atoms with Crippen molar-refractivity contribution >= 4 is 33.2 Å². The maximum atomic E-state index is 12.3. The third-order valence-electron chi connectivity index (χ3n) is 4.60. The number of nitrogens with zero attached hydrogens (tertiary/aromatic N) is 1. The molecule has 0 bridgehead atoms. The highest BCUT2D eigenvalue weighted by Gasteiger charge is 2.26. The van der Waals surface area contributed by atoms with Gasteiger partial charge >= 0.3 is 0 Å². The Hall–Kier alpha value is -1.89. The molecule has 0 saturated heterocycles. The Morgan fingerprint density at radius 3 is 2.59 bits per heavy atom. The predicted octanol–water partition coefficient (Wildman–Crippen LogP) is 3.62. The molecular formula is C20H23ClN2O3S. The van der Waals surface area contributed by atoms with Crippen LogP contribution in [0.5, 0.6) is 0 Å². The summed E-state index contributed by atoms with van der Waals surface area (Å²) in [6, 6.07) is 12.9. The van der Waals surface area contributed by atoms with Crippen LogP contribution >= 0.6 is 11.6 Å². The van der Waals surface area contributed by atoms with Crippen molar-refractivity contribution in [2.45, 2.75) is 32.7 Å². The van der Waals surface area contributed by atoms with Gasteiger partial charge in [0.25, 0.3) is 0 Å². The van der Waals surface area contributed by atoms with E-state index in [2.05, 4.69) is 5.32 Å². The van der Waals surface area contributed by atoms with Crippen LogP contribution in [-0.4, -0.2) is 30.9 Å². The van der Waals surface area contributed by atoms with Gasteiger partial charge in [-0.2, -0.15) is 4.31 Å². The molecular weight excluding hydrogens is 384 g/mol. The number of amides is 1. The second kappa shape index (κ2) is 8.42. The molecule has 0 unspecified atom stereocenters. The lowest BCUT2D eigenvalue weighted by molar-refractivity contribution is -0.115. The van der Waals surface area contributed by atoms with Crippen LogP contribution in [0, 0.1) is 0 Å². The monoisotopic (exact) mass is 406 g/mol. The molecule has 144 valence electrons. The predicted molar refractivity (Wildman–Crippen MR) is 108 cm³/mol. The van der Waals surface area contributed by atoms with E-state index in [0.29, 0.717) is 36.6 Å². The first-order valence-corrected chi connectivity index (χ1v) is 11.0. The van der Waals surface area contributed by atoms with Crippen molar-refractivity contribution < 1.29 is 13.2 Å². The highest BCUT2D eigenvalue weighted by Crippen LogP contribution is 2.25. The van der Waals surface area contributed by atoms with Crippen LogP contribution in [0.15, 0.2) is 42.5 Å². The van der Waals surface area contributed by atoms with Gasteiger partial charge in [-0.3, -0.25) is 4.79 Å². The van der Waals surface area contributed by atoms with E-state index in [-0.39, 0.29) is 18.1 Å². The molecule has 2 aromatic carbocycles. The molecule has 0 spiro atoms. The number of carbonyl (C=O) groups is 1. The van der Waals surface area contributed by atoms with Crippen molar-refractivity contribution in [2.75, 3.05) is 17.6 Å². The molecule has 0 fully saturated rings. The molecule has 1 aliphatic rings. The molecule has 1 N–H and O–H groups in total. The number of nitrogens with one attached hydrogen (secondary N) is 1. The van der Waals surface area contributed by atoms with Gasteiger partial charge in [0.2, 0.25) is 15.9 Å². The van der Waals surface area contributed by atoms with Crippen molar-refractivity contribution in [2.24, 2.45) is 0 Å². The summed E-state index contributed by atoms with van der Waals surface area (Å²) in [4.78, 5) is 12.3. The summed E-state index contributed by atoms with van der Waals surface area (Å²) in [5, 5.41) is 3.53. The van der Waals surface area contributed by atoms with Crippen molar-refractivity contribution in [1.29, 1.82) is 0 Å². The van der Waals surface area contributed by atoms with Gasteiger partial charge in [-0.15, -0.1) is 0 Å². The van der Waals surface area contributed by atoms with Crippen LogP contribution < -0.4 is 5.32 Å². The van der Waals surface area contributed by atoms with Crippen LogP contribution in [0.1, 0.15) is 30.0 Å². The van der Waals surface area contributed by atoms with E-state index in [9.17, 15) is 13.2 Å². The molecule has 0 radical (unpaired) electrons. The molecule has 0 aliphatic carbocycles. The maximum Gasteiger partial charge on any atom is 0.228 e. The minimum absolute atomic E-state index is 0.122. The summed E-state index contributed by atoms with van der Waals surface area (Å²) in [6.07, 6.45) is 1.55. The molecule has 1 aliphatic heterocycles. The zero-order chi connectivity index (χ0) is 19.4. The fourth-order valence-electron chi connectivity index (χ4n) is 3.23. The van der Waals surface area contributed by atoms with Crippen LogP contribution in [-0.2, 0) is 34.2 Å². The Labute approximate surface area is 165 Å². The van der Waals surface area contributed by atoms with Gasteiger partial charge in [-0.05, 0) is 53.8 Å². The lowest BCUT2D eigenvalue weighted by Crippen LogP contribution is -2.37. The third-order valence-corrected chi connectivity index (χ3v) is 6.88. The first-order chi connectivity index (χ1) is 12.9. The fraction of sp³-hybridized carbons (Fsp3) is 0.350. The summed E-state index contributed by atoms with van der Waals surface area (Å²) in [6.45, 7) is 2.74. The number of benzene rings is 2.